The van der Waals surface area contributed by atoms with Gasteiger partial charge in [0.15, 0.2) is 0 Å². The fourth-order valence-corrected chi connectivity index (χ4v) is 2.32. The normalized spacial score (nSPS) is 10.5. The minimum absolute atomic E-state index is 0.489. The summed E-state index contributed by atoms with van der Waals surface area (Å²) in [6.07, 6.45) is 0. The highest BCUT2D eigenvalue weighted by Crippen LogP contribution is 2.26. The average Bonchev–Trinajstić information content (AvgIpc) is 2.98. The van der Waals surface area contributed by atoms with Crippen LogP contribution in [0.1, 0.15) is 11.1 Å². The van der Waals surface area contributed by atoms with E-state index in [1.54, 1.807) is 11.7 Å². The molecule has 1 heterocycles. The molecule has 0 aliphatic carbocycles. The molecule has 0 spiro atoms. The van der Waals surface area contributed by atoms with Crippen molar-refractivity contribution in [1.29, 1.82) is 0 Å². The third-order valence-electron chi connectivity index (χ3n) is 3.30. The Labute approximate surface area is 139 Å². The third kappa shape index (κ3) is 3.98. The maximum absolute atomic E-state index is 6.29. The van der Waals surface area contributed by atoms with Gasteiger partial charge in [0, 0.05) is 13.6 Å². The van der Waals surface area contributed by atoms with Crippen molar-refractivity contribution < 1.29 is 4.74 Å². The zero-order valence-corrected chi connectivity index (χ0v) is 13.4. The zero-order valence-electron chi connectivity index (χ0n) is 12.6. The first-order valence-electron chi connectivity index (χ1n) is 7.14. The van der Waals surface area contributed by atoms with Crippen molar-refractivity contribution in [3.05, 3.63) is 64.7 Å². The first kappa shape index (κ1) is 15.3. The van der Waals surface area contributed by atoms with E-state index in [2.05, 4.69) is 20.8 Å². The summed E-state index contributed by atoms with van der Waals surface area (Å²) in [6.45, 7) is 1.07. The van der Waals surface area contributed by atoms with Crippen LogP contribution in [0, 0.1) is 0 Å². The monoisotopic (exact) mass is 329 g/mol. The van der Waals surface area contributed by atoms with Crippen molar-refractivity contribution in [2.24, 2.45) is 7.05 Å². The number of aryl methyl sites for hydroxylation is 1. The number of anilines is 1. The van der Waals surface area contributed by atoms with E-state index in [1.165, 1.54) is 0 Å². The summed E-state index contributed by atoms with van der Waals surface area (Å²) in [5, 5.41) is 14.9. The fraction of sp³-hybridized carbons (Fsp3) is 0.188. The largest absolute Gasteiger partial charge is 0.487 e. The SMILES string of the molecule is Cn1nnnc1NCc1ccc(OCc2ccccc2)c(Cl)c1. The van der Waals surface area contributed by atoms with E-state index >= 15 is 0 Å². The van der Waals surface area contributed by atoms with Gasteiger partial charge in [-0.1, -0.05) is 53.1 Å². The number of hydrogen-bond acceptors (Lipinski definition) is 5. The number of nitrogens with zero attached hydrogens (tertiary/aromatic N) is 4. The molecule has 1 N–H and O–H groups in total. The molecule has 0 aliphatic rings. The van der Waals surface area contributed by atoms with Crippen LogP contribution in [-0.2, 0) is 20.2 Å². The Hall–Kier alpha value is -2.60. The molecular weight excluding hydrogens is 314 g/mol. The van der Waals surface area contributed by atoms with E-state index in [-0.39, 0.29) is 0 Å². The minimum Gasteiger partial charge on any atom is -0.487 e. The number of halogens is 1. The standard InChI is InChI=1S/C16H16ClN5O/c1-22-16(19-20-21-22)18-10-13-7-8-15(14(17)9-13)23-11-12-5-3-2-4-6-12/h2-9H,10-11H2,1H3,(H,18,19,21). The molecule has 0 radical (unpaired) electrons. The average molecular weight is 330 g/mol. The topological polar surface area (TPSA) is 64.9 Å². The third-order valence-corrected chi connectivity index (χ3v) is 3.60. The van der Waals surface area contributed by atoms with Crippen LogP contribution in [0.4, 0.5) is 5.95 Å². The molecule has 0 saturated heterocycles. The Morgan fingerprint density at radius 3 is 2.65 bits per heavy atom. The fourth-order valence-electron chi connectivity index (χ4n) is 2.07. The highest BCUT2D eigenvalue weighted by Gasteiger charge is 2.05. The van der Waals surface area contributed by atoms with E-state index in [4.69, 9.17) is 16.3 Å². The number of aromatic nitrogens is 4. The number of nitrogens with one attached hydrogen (secondary N) is 1. The summed E-state index contributed by atoms with van der Waals surface area (Å²) in [4.78, 5) is 0. The first-order valence-corrected chi connectivity index (χ1v) is 7.51. The molecule has 6 nitrogen and oxygen atoms in total. The van der Waals surface area contributed by atoms with Crippen molar-refractivity contribution in [1.82, 2.24) is 20.2 Å². The van der Waals surface area contributed by atoms with E-state index in [0.29, 0.717) is 29.9 Å². The molecule has 118 valence electrons. The highest BCUT2D eigenvalue weighted by atomic mass is 35.5. The van der Waals surface area contributed by atoms with E-state index in [9.17, 15) is 0 Å². The van der Waals surface area contributed by atoms with Crippen LogP contribution in [0.25, 0.3) is 0 Å². The Kier molecular flexibility index (Phi) is 4.73. The van der Waals surface area contributed by atoms with Crippen molar-refractivity contribution in [2.75, 3.05) is 5.32 Å². The second-order valence-electron chi connectivity index (χ2n) is 5.02. The number of rotatable bonds is 6. The smallest absolute Gasteiger partial charge is 0.242 e. The molecule has 0 unspecified atom stereocenters. The summed E-state index contributed by atoms with van der Waals surface area (Å²) in [5.41, 5.74) is 2.12. The predicted molar refractivity (Wildman–Crippen MR) is 88.4 cm³/mol. The Bertz CT molecular complexity index is 775. The van der Waals surface area contributed by atoms with Gasteiger partial charge in [-0.25, -0.2) is 4.68 Å². The molecule has 0 fully saturated rings. The number of tetrazole rings is 1. The summed E-state index contributed by atoms with van der Waals surface area (Å²) >= 11 is 6.29. The molecule has 7 heteroatoms. The maximum Gasteiger partial charge on any atom is 0.242 e. The number of ether oxygens (including phenoxy) is 1. The van der Waals surface area contributed by atoms with Crippen LogP contribution >= 0.6 is 11.6 Å². The van der Waals surface area contributed by atoms with Crippen LogP contribution in [0.15, 0.2) is 48.5 Å². The van der Waals surface area contributed by atoms with Crippen molar-refractivity contribution in [3.63, 3.8) is 0 Å². The molecule has 0 amide bonds. The van der Waals surface area contributed by atoms with Crippen LogP contribution in [0.2, 0.25) is 5.02 Å². The van der Waals surface area contributed by atoms with Crippen LogP contribution in [0.3, 0.4) is 0 Å². The summed E-state index contributed by atoms with van der Waals surface area (Å²) in [5.74, 6) is 1.27. The predicted octanol–water partition coefficient (Wildman–Crippen LogP) is 3.05. The van der Waals surface area contributed by atoms with Gasteiger partial charge in [-0.15, -0.1) is 0 Å². The quantitative estimate of drug-likeness (QED) is 0.753. The Morgan fingerprint density at radius 1 is 1.13 bits per heavy atom. The van der Waals surface area contributed by atoms with E-state index in [1.807, 2.05) is 48.5 Å². The van der Waals surface area contributed by atoms with Gasteiger partial charge in [-0.2, -0.15) is 0 Å². The van der Waals surface area contributed by atoms with E-state index in [0.717, 1.165) is 11.1 Å². The molecule has 2 aromatic carbocycles. The van der Waals surface area contributed by atoms with Crippen LogP contribution in [-0.4, -0.2) is 20.2 Å². The van der Waals surface area contributed by atoms with Gasteiger partial charge in [0.05, 0.1) is 5.02 Å². The van der Waals surface area contributed by atoms with Crippen LogP contribution in [0.5, 0.6) is 5.75 Å². The van der Waals surface area contributed by atoms with Gasteiger partial charge in [0.2, 0.25) is 5.95 Å². The number of hydrogen-bond donors (Lipinski definition) is 1. The molecule has 0 saturated carbocycles. The summed E-state index contributed by atoms with van der Waals surface area (Å²) < 4.78 is 7.33. The lowest BCUT2D eigenvalue weighted by Gasteiger charge is -2.10. The van der Waals surface area contributed by atoms with Gasteiger partial charge in [-0.3, -0.25) is 0 Å². The van der Waals surface area contributed by atoms with Gasteiger partial charge in [0.1, 0.15) is 12.4 Å². The van der Waals surface area contributed by atoms with Gasteiger partial charge in [-0.05, 0) is 33.7 Å². The van der Waals surface area contributed by atoms with E-state index < -0.39 is 0 Å². The molecule has 23 heavy (non-hydrogen) atoms. The maximum atomic E-state index is 6.29. The number of benzene rings is 2. The summed E-state index contributed by atoms with van der Waals surface area (Å²) in [6, 6.07) is 15.7. The minimum atomic E-state index is 0.489. The zero-order chi connectivity index (χ0) is 16.1. The van der Waals surface area contributed by atoms with Crippen molar-refractivity contribution in [3.8, 4) is 5.75 Å². The summed E-state index contributed by atoms with van der Waals surface area (Å²) in [7, 11) is 1.77. The second-order valence-corrected chi connectivity index (χ2v) is 5.43. The molecule has 1 aromatic heterocycles. The molecule has 0 aliphatic heterocycles. The van der Waals surface area contributed by atoms with Gasteiger partial charge in [0.25, 0.3) is 0 Å². The molecule has 0 atom stereocenters. The lowest BCUT2D eigenvalue weighted by Crippen LogP contribution is -2.06. The van der Waals surface area contributed by atoms with Gasteiger partial charge >= 0.3 is 0 Å². The molecule has 3 aromatic rings. The van der Waals surface area contributed by atoms with Gasteiger partial charge < -0.3 is 10.1 Å². The highest BCUT2D eigenvalue weighted by molar-refractivity contribution is 6.32. The molecule has 3 rings (SSSR count). The van der Waals surface area contributed by atoms with Crippen LogP contribution < -0.4 is 10.1 Å². The second kappa shape index (κ2) is 7.11. The van der Waals surface area contributed by atoms with Crippen molar-refractivity contribution in [2.45, 2.75) is 13.2 Å². The first-order chi connectivity index (χ1) is 11.2. The molecular formula is C16H16ClN5O. The lowest BCUT2D eigenvalue weighted by molar-refractivity contribution is 0.306. The Balaban J connectivity index is 1.60. The van der Waals surface area contributed by atoms with Crippen molar-refractivity contribution >= 4 is 17.5 Å². The lowest BCUT2D eigenvalue weighted by atomic mass is 10.2. The molecule has 0 bridgehead atoms. The Morgan fingerprint density at radius 2 is 1.96 bits per heavy atom.